The van der Waals surface area contributed by atoms with E-state index in [0.29, 0.717) is 31.6 Å². The van der Waals surface area contributed by atoms with Crippen LogP contribution >= 0.6 is 11.8 Å². The molecule has 2 rings (SSSR count). The van der Waals surface area contributed by atoms with E-state index in [9.17, 15) is 8.42 Å². The first-order valence-electron chi connectivity index (χ1n) is 9.29. The predicted octanol–water partition coefficient (Wildman–Crippen LogP) is -0.359. The molecule has 0 amide bonds. The van der Waals surface area contributed by atoms with Crippen LogP contribution in [-0.2, 0) is 14.8 Å². The Morgan fingerprint density at radius 1 is 1.23 bits per heavy atom. The minimum absolute atomic E-state index is 0.105. The summed E-state index contributed by atoms with van der Waals surface area (Å²) in [5.41, 5.74) is 0. The summed E-state index contributed by atoms with van der Waals surface area (Å²) >= 11 is 1.81. The number of sulfonamides is 1. The molecule has 0 atom stereocenters. The highest BCUT2D eigenvalue weighted by Crippen LogP contribution is 2.13. The van der Waals surface area contributed by atoms with E-state index in [2.05, 4.69) is 20.5 Å². The van der Waals surface area contributed by atoms with E-state index in [1.54, 1.807) is 18.5 Å². The average Bonchev–Trinajstić information content (AvgIpc) is 2.67. The quantitative estimate of drug-likeness (QED) is 0.420. The first-order valence-corrected chi connectivity index (χ1v) is 12.1. The molecule has 2 aliphatic rings. The van der Waals surface area contributed by atoms with Crippen molar-refractivity contribution in [3.63, 3.8) is 0 Å². The normalized spacial score (nSPS) is 21.7. The highest BCUT2D eigenvalue weighted by Gasteiger charge is 2.24. The van der Waals surface area contributed by atoms with Crippen molar-refractivity contribution >= 4 is 27.7 Å². The van der Waals surface area contributed by atoms with Crippen LogP contribution < -0.4 is 10.6 Å². The lowest BCUT2D eigenvalue weighted by Gasteiger charge is -2.33. The number of aliphatic imine (C=N–C) groups is 1. The fraction of sp³-hybridized carbons (Fsp3) is 0.938. The van der Waals surface area contributed by atoms with E-state index in [0.717, 1.165) is 50.6 Å². The van der Waals surface area contributed by atoms with Gasteiger partial charge in [0.25, 0.3) is 0 Å². The summed E-state index contributed by atoms with van der Waals surface area (Å²) in [5.74, 6) is 2.57. The van der Waals surface area contributed by atoms with Crippen molar-refractivity contribution in [3.8, 4) is 0 Å². The number of guanidine groups is 1. The highest BCUT2D eigenvalue weighted by molar-refractivity contribution is 7.99. The second kappa shape index (κ2) is 11.3. The zero-order chi connectivity index (χ0) is 18.8. The minimum Gasteiger partial charge on any atom is -0.383 e. The van der Waals surface area contributed by atoms with Gasteiger partial charge in [0.2, 0.25) is 10.0 Å². The SMILES string of the molecule is CN=C(NCCS(=O)(=O)N1CCSCC1)NC1CCN(CCOC)CC1. The van der Waals surface area contributed by atoms with E-state index in [1.807, 2.05) is 11.8 Å². The van der Waals surface area contributed by atoms with Crippen LogP contribution in [0.15, 0.2) is 4.99 Å². The van der Waals surface area contributed by atoms with E-state index >= 15 is 0 Å². The molecule has 0 bridgehead atoms. The Hall–Kier alpha value is -0.550. The predicted molar refractivity (Wildman–Crippen MR) is 109 cm³/mol. The molecule has 2 aliphatic heterocycles. The lowest BCUT2D eigenvalue weighted by Crippen LogP contribution is -2.50. The Morgan fingerprint density at radius 3 is 2.54 bits per heavy atom. The molecule has 0 radical (unpaired) electrons. The van der Waals surface area contributed by atoms with Crippen LogP contribution in [0, 0.1) is 0 Å². The number of rotatable bonds is 8. The van der Waals surface area contributed by atoms with Crippen molar-refractivity contribution in [2.75, 3.05) is 77.3 Å². The smallest absolute Gasteiger partial charge is 0.215 e. The molecule has 10 heteroatoms. The second-order valence-electron chi connectivity index (χ2n) is 6.58. The number of nitrogens with zero attached hydrogens (tertiary/aromatic N) is 3. The summed E-state index contributed by atoms with van der Waals surface area (Å²) in [7, 11) is 0.272. The lowest BCUT2D eigenvalue weighted by atomic mass is 10.1. The van der Waals surface area contributed by atoms with E-state index in [-0.39, 0.29) is 5.75 Å². The topological polar surface area (TPSA) is 86.3 Å². The summed E-state index contributed by atoms with van der Waals surface area (Å²) in [4.78, 5) is 6.64. The number of hydrogen-bond acceptors (Lipinski definition) is 6. The molecular weight excluding hydrogens is 374 g/mol. The van der Waals surface area contributed by atoms with Gasteiger partial charge in [-0.15, -0.1) is 0 Å². The molecule has 26 heavy (non-hydrogen) atoms. The minimum atomic E-state index is -3.18. The van der Waals surface area contributed by atoms with Crippen LogP contribution in [0.1, 0.15) is 12.8 Å². The summed E-state index contributed by atoms with van der Waals surface area (Å²) in [6, 6.07) is 0.371. The number of methoxy groups -OCH3 is 1. The molecule has 0 aromatic heterocycles. The summed E-state index contributed by atoms with van der Waals surface area (Å²) in [5, 5.41) is 6.57. The molecule has 0 aromatic rings. The van der Waals surface area contributed by atoms with Gasteiger partial charge in [0.05, 0.1) is 12.4 Å². The number of likely N-dealkylation sites (tertiary alicyclic amines) is 1. The fourth-order valence-electron chi connectivity index (χ4n) is 3.16. The molecule has 2 saturated heterocycles. The molecule has 0 saturated carbocycles. The Bertz CT molecular complexity index is 530. The van der Waals surface area contributed by atoms with E-state index in [4.69, 9.17) is 4.74 Å². The average molecular weight is 408 g/mol. The van der Waals surface area contributed by atoms with Gasteiger partial charge in [-0.1, -0.05) is 0 Å². The van der Waals surface area contributed by atoms with Gasteiger partial charge in [-0.05, 0) is 12.8 Å². The van der Waals surface area contributed by atoms with Crippen LogP contribution in [-0.4, -0.2) is 107 Å². The molecule has 0 spiro atoms. The van der Waals surface area contributed by atoms with Crippen LogP contribution in [0.25, 0.3) is 0 Å². The number of ether oxygens (including phenoxy) is 1. The third-order valence-corrected chi connectivity index (χ3v) is 7.59. The van der Waals surface area contributed by atoms with Gasteiger partial charge in [0, 0.05) is 71.0 Å². The van der Waals surface area contributed by atoms with Crippen molar-refractivity contribution < 1.29 is 13.2 Å². The molecule has 2 fully saturated rings. The number of nitrogens with one attached hydrogen (secondary N) is 2. The monoisotopic (exact) mass is 407 g/mol. The Morgan fingerprint density at radius 2 is 1.92 bits per heavy atom. The van der Waals surface area contributed by atoms with Crippen molar-refractivity contribution in [2.45, 2.75) is 18.9 Å². The number of hydrogen-bond donors (Lipinski definition) is 2. The first-order chi connectivity index (χ1) is 12.5. The molecule has 0 aliphatic carbocycles. The van der Waals surface area contributed by atoms with Crippen molar-refractivity contribution in [1.29, 1.82) is 0 Å². The number of thioether (sulfide) groups is 1. The van der Waals surface area contributed by atoms with E-state index < -0.39 is 10.0 Å². The maximum atomic E-state index is 12.4. The van der Waals surface area contributed by atoms with Crippen molar-refractivity contribution in [2.24, 2.45) is 4.99 Å². The van der Waals surface area contributed by atoms with E-state index in [1.165, 1.54) is 0 Å². The maximum absolute atomic E-state index is 12.4. The molecular formula is C16H33N5O3S2. The number of piperidine rings is 1. The van der Waals surface area contributed by atoms with Gasteiger partial charge in [0.15, 0.2) is 5.96 Å². The zero-order valence-corrected chi connectivity index (χ0v) is 17.6. The van der Waals surface area contributed by atoms with Gasteiger partial charge in [-0.2, -0.15) is 11.8 Å². The molecule has 152 valence electrons. The Labute approximate surface area is 162 Å². The molecule has 0 aromatic carbocycles. The van der Waals surface area contributed by atoms with Gasteiger partial charge in [-0.25, -0.2) is 12.7 Å². The maximum Gasteiger partial charge on any atom is 0.215 e. The largest absolute Gasteiger partial charge is 0.383 e. The summed E-state index contributed by atoms with van der Waals surface area (Å²) < 4.78 is 31.5. The van der Waals surface area contributed by atoms with Gasteiger partial charge < -0.3 is 20.3 Å². The summed E-state index contributed by atoms with van der Waals surface area (Å²) in [6.07, 6.45) is 2.10. The van der Waals surface area contributed by atoms with Crippen molar-refractivity contribution in [3.05, 3.63) is 0 Å². The van der Waals surface area contributed by atoms with Crippen LogP contribution in [0.4, 0.5) is 0 Å². The van der Waals surface area contributed by atoms with Crippen molar-refractivity contribution in [1.82, 2.24) is 19.8 Å². The van der Waals surface area contributed by atoms with Gasteiger partial charge >= 0.3 is 0 Å². The summed E-state index contributed by atoms with van der Waals surface area (Å²) in [6.45, 7) is 5.45. The fourth-order valence-corrected chi connectivity index (χ4v) is 5.65. The third-order valence-electron chi connectivity index (χ3n) is 4.78. The highest BCUT2D eigenvalue weighted by atomic mass is 32.2. The Balaban J connectivity index is 1.68. The standard InChI is InChI=1S/C16H33N5O3S2/c1-17-16(19-15-3-6-20(7-4-15)8-11-24-2)18-5-14-26(22,23)21-9-12-25-13-10-21/h15H,3-14H2,1-2H3,(H2,17,18,19). The lowest BCUT2D eigenvalue weighted by molar-refractivity contribution is 0.128. The molecule has 2 heterocycles. The zero-order valence-electron chi connectivity index (χ0n) is 15.9. The Kier molecular flexibility index (Phi) is 9.48. The second-order valence-corrected chi connectivity index (χ2v) is 9.89. The third kappa shape index (κ3) is 7.22. The first kappa shape index (κ1) is 21.7. The van der Waals surface area contributed by atoms with Crippen LogP contribution in [0.2, 0.25) is 0 Å². The van der Waals surface area contributed by atoms with Gasteiger partial charge in [-0.3, -0.25) is 4.99 Å². The molecule has 8 nitrogen and oxygen atoms in total. The molecule has 2 N–H and O–H groups in total. The van der Waals surface area contributed by atoms with Crippen LogP contribution in [0.5, 0.6) is 0 Å². The molecule has 0 unspecified atom stereocenters. The van der Waals surface area contributed by atoms with Gasteiger partial charge in [0.1, 0.15) is 0 Å². The van der Waals surface area contributed by atoms with Crippen LogP contribution in [0.3, 0.4) is 0 Å².